The maximum atomic E-state index is 13.9. The molecule has 104 valence electrons. The number of hydrogen-bond acceptors (Lipinski definition) is 2. The number of rotatable bonds is 3. The summed E-state index contributed by atoms with van der Waals surface area (Å²) < 4.78 is 14.5. The molecular weight excluding hydrogens is 311 g/mol. The van der Waals surface area contributed by atoms with Gasteiger partial charge in [-0.05, 0) is 50.4 Å². The number of nitrogens with two attached hydrogens (primary N) is 1. The van der Waals surface area contributed by atoms with Gasteiger partial charge in [-0.2, -0.15) is 0 Å². The number of carbonyl (C=O) groups is 1. The largest absolute Gasteiger partial charge is 0.336 e. The molecule has 0 unspecified atom stereocenters. The second-order valence-electron chi connectivity index (χ2n) is 4.85. The first-order valence-corrected chi connectivity index (χ1v) is 7.39. The first-order valence-electron chi connectivity index (χ1n) is 6.59. The summed E-state index contributed by atoms with van der Waals surface area (Å²) in [4.78, 5) is 14.2. The van der Waals surface area contributed by atoms with Crippen LogP contribution in [0.25, 0.3) is 0 Å². The zero-order valence-electron chi connectivity index (χ0n) is 10.7. The van der Waals surface area contributed by atoms with Crippen LogP contribution in [0.15, 0.2) is 22.7 Å². The summed E-state index contributed by atoms with van der Waals surface area (Å²) in [6.45, 7) is 1.25. The Morgan fingerprint density at radius 3 is 2.95 bits per heavy atom. The smallest absolute Gasteiger partial charge is 0.257 e. The molecule has 1 atom stereocenters. The number of piperidine rings is 1. The third kappa shape index (κ3) is 3.34. The Hall–Kier alpha value is -0.940. The van der Waals surface area contributed by atoms with Crippen molar-refractivity contribution in [3.63, 3.8) is 0 Å². The molecule has 0 spiro atoms. The molecule has 1 aromatic carbocycles. The number of benzene rings is 1. The van der Waals surface area contributed by atoms with Crippen molar-refractivity contribution in [1.29, 1.82) is 0 Å². The standard InChI is InChI=1S/C14H18BrFN2O/c15-10-4-5-12(13(16)9-10)14(19)18-8-2-1-3-11(18)6-7-17/h4-5,9,11H,1-3,6-8,17H2/t11-/m0/s1. The topological polar surface area (TPSA) is 46.3 Å². The summed E-state index contributed by atoms with van der Waals surface area (Å²) in [7, 11) is 0. The first kappa shape index (κ1) is 14.5. The van der Waals surface area contributed by atoms with E-state index in [2.05, 4.69) is 15.9 Å². The van der Waals surface area contributed by atoms with Gasteiger partial charge in [-0.3, -0.25) is 4.79 Å². The van der Waals surface area contributed by atoms with E-state index in [4.69, 9.17) is 5.73 Å². The second kappa shape index (κ2) is 6.48. The third-order valence-electron chi connectivity index (χ3n) is 3.55. The molecule has 1 aliphatic heterocycles. The van der Waals surface area contributed by atoms with E-state index in [1.54, 1.807) is 11.0 Å². The number of hydrogen-bond donors (Lipinski definition) is 1. The highest BCUT2D eigenvalue weighted by atomic mass is 79.9. The zero-order valence-corrected chi connectivity index (χ0v) is 12.3. The quantitative estimate of drug-likeness (QED) is 0.927. The fraction of sp³-hybridized carbons (Fsp3) is 0.500. The molecule has 1 amide bonds. The summed E-state index contributed by atoms with van der Waals surface area (Å²) in [5.41, 5.74) is 5.74. The molecule has 3 nitrogen and oxygen atoms in total. The second-order valence-corrected chi connectivity index (χ2v) is 5.77. The maximum absolute atomic E-state index is 13.9. The summed E-state index contributed by atoms with van der Waals surface area (Å²) in [5.74, 6) is -0.695. The summed E-state index contributed by atoms with van der Waals surface area (Å²) in [6, 6.07) is 4.71. The number of carbonyl (C=O) groups excluding carboxylic acids is 1. The van der Waals surface area contributed by atoms with E-state index < -0.39 is 5.82 Å². The van der Waals surface area contributed by atoms with Crippen LogP contribution in [0.4, 0.5) is 4.39 Å². The third-order valence-corrected chi connectivity index (χ3v) is 4.04. The summed E-state index contributed by atoms with van der Waals surface area (Å²) in [6.07, 6.45) is 3.83. The van der Waals surface area contributed by atoms with Crippen LogP contribution >= 0.6 is 15.9 Å². The van der Waals surface area contributed by atoms with Crippen LogP contribution in [0.3, 0.4) is 0 Å². The highest BCUT2D eigenvalue weighted by Gasteiger charge is 2.28. The van der Waals surface area contributed by atoms with Crippen LogP contribution in [0.1, 0.15) is 36.0 Å². The Labute approximate surface area is 121 Å². The van der Waals surface area contributed by atoms with Gasteiger partial charge in [0, 0.05) is 17.1 Å². The molecule has 2 N–H and O–H groups in total. The van der Waals surface area contributed by atoms with Crippen molar-refractivity contribution >= 4 is 21.8 Å². The van der Waals surface area contributed by atoms with Crippen molar-refractivity contribution in [3.8, 4) is 0 Å². The molecule has 1 fully saturated rings. The fourth-order valence-corrected chi connectivity index (χ4v) is 2.91. The highest BCUT2D eigenvalue weighted by molar-refractivity contribution is 9.10. The van der Waals surface area contributed by atoms with Crippen LogP contribution in [0, 0.1) is 5.82 Å². The van der Waals surface area contributed by atoms with Gasteiger partial charge in [-0.25, -0.2) is 4.39 Å². The lowest BCUT2D eigenvalue weighted by molar-refractivity contribution is 0.0600. The molecule has 0 aliphatic carbocycles. The van der Waals surface area contributed by atoms with Gasteiger partial charge in [-0.1, -0.05) is 15.9 Å². The van der Waals surface area contributed by atoms with Gasteiger partial charge in [0.15, 0.2) is 0 Å². The Morgan fingerprint density at radius 2 is 2.26 bits per heavy atom. The molecule has 1 heterocycles. The summed E-state index contributed by atoms with van der Waals surface area (Å²) in [5, 5.41) is 0. The monoisotopic (exact) mass is 328 g/mol. The Kier molecular flexibility index (Phi) is 4.93. The highest BCUT2D eigenvalue weighted by Crippen LogP contribution is 2.23. The molecule has 19 heavy (non-hydrogen) atoms. The maximum Gasteiger partial charge on any atom is 0.257 e. The minimum atomic E-state index is -0.476. The number of nitrogens with zero attached hydrogens (tertiary/aromatic N) is 1. The SMILES string of the molecule is NCC[C@@H]1CCCCN1C(=O)c1ccc(Br)cc1F. The Balaban J connectivity index is 2.21. The number of amides is 1. The molecule has 0 bridgehead atoms. The van der Waals surface area contributed by atoms with Crippen molar-refractivity contribution < 1.29 is 9.18 Å². The van der Waals surface area contributed by atoms with Crippen molar-refractivity contribution in [2.75, 3.05) is 13.1 Å². The Bertz CT molecular complexity index is 465. The Morgan fingerprint density at radius 1 is 1.47 bits per heavy atom. The molecule has 2 rings (SSSR count). The van der Waals surface area contributed by atoms with E-state index in [1.165, 1.54) is 12.1 Å². The van der Waals surface area contributed by atoms with Gasteiger partial charge in [-0.15, -0.1) is 0 Å². The average molecular weight is 329 g/mol. The first-order chi connectivity index (χ1) is 9.13. The molecule has 5 heteroatoms. The molecule has 1 aliphatic rings. The molecule has 1 saturated heterocycles. The van der Waals surface area contributed by atoms with Crippen molar-refractivity contribution in [2.45, 2.75) is 31.7 Å². The van der Waals surface area contributed by atoms with Gasteiger partial charge < -0.3 is 10.6 Å². The lowest BCUT2D eigenvalue weighted by Crippen LogP contribution is -2.44. The lowest BCUT2D eigenvalue weighted by atomic mass is 9.98. The lowest BCUT2D eigenvalue weighted by Gasteiger charge is -2.35. The van der Waals surface area contributed by atoms with E-state index in [0.29, 0.717) is 17.6 Å². The predicted molar refractivity (Wildman–Crippen MR) is 76.4 cm³/mol. The van der Waals surface area contributed by atoms with Gasteiger partial charge in [0.05, 0.1) is 5.56 Å². The van der Waals surface area contributed by atoms with Crippen LogP contribution in [-0.2, 0) is 0 Å². The van der Waals surface area contributed by atoms with Crippen molar-refractivity contribution in [2.24, 2.45) is 5.73 Å². The van der Waals surface area contributed by atoms with E-state index in [-0.39, 0.29) is 17.5 Å². The van der Waals surface area contributed by atoms with E-state index >= 15 is 0 Å². The minimum absolute atomic E-state index is 0.145. The summed E-state index contributed by atoms with van der Waals surface area (Å²) >= 11 is 3.20. The molecule has 0 aromatic heterocycles. The van der Waals surface area contributed by atoms with E-state index in [0.717, 1.165) is 25.7 Å². The van der Waals surface area contributed by atoms with Crippen LogP contribution < -0.4 is 5.73 Å². The van der Waals surface area contributed by atoms with Crippen molar-refractivity contribution in [1.82, 2.24) is 4.90 Å². The molecular formula is C14H18BrFN2O. The predicted octanol–water partition coefficient (Wildman–Crippen LogP) is 2.93. The van der Waals surface area contributed by atoms with Crippen LogP contribution in [0.5, 0.6) is 0 Å². The average Bonchev–Trinajstić information content (AvgIpc) is 2.39. The minimum Gasteiger partial charge on any atom is -0.336 e. The zero-order chi connectivity index (χ0) is 13.8. The van der Waals surface area contributed by atoms with Gasteiger partial charge in [0.2, 0.25) is 0 Å². The van der Waals surface area contributed by atoms with E-state index in [1.807, 2.05) is 0 Å². The molecule has 1 aromatic rings. The van der Waals surface area contributed by atoms with Crippen LogP contribution in [0.2, 0.25) is 0 Å². The van der Waals surface area contributed by atoms with Gasteiger partial charge >= 0.3 is 0 Å². The van der Waals surface area contributed by atoms with Gasteiger partial charge in [0.1, 0.15) is 5.82 Å². The van der Waals surface area contributed by atoms with E-state index in [9.17, 15) is 9.18 Å². The normalized spacial score (nSPS) is 19.5. The molecule has 0 saturated carbocycles. The fourth-order valence-electron chi connectivity index (χ4n) is 2.58. The molecule has 0 radical (unpaired) electrons. The van der Waals surface area contributed by atoms with Gasteiger partial charge in [0.25, 0.3) is 5.91 Å². The van der Waals surface area contributed by atoms with Crippen LogP contribution in [-0.4, -0.2) is 29.9 Å². The number of likely N-dealkylation sites (tertiary alicyclic amines) is 1. The number of halogens is 2. The van der Waals surface area contributed by atoms with Crippen molar-refractivity contribution in [3.05, 3.63) is 34.1 Å².